The average molecular weight is 350 g/mol. The highest BCUT2D eigenvalue weighted by Gasteiger charge is 2.14. The van der Waals surface area contributed by atoms with Gasteiger partial charge in [0, 0.05) is 5.69 Å². The molecule has 134 valence electrons. The number of nitrogens with one attached hydrogen (secondary N) is 2. The molecule has 0 spiro atoms. The lowest BCUT2D eigenvalue weighted by atomic mass is 9.87. The number of nitrogens with zero attached hydrogens (tertiary/aromatic N) is 2. The Hall–Kier alpha value is -3.15. The van der Waals surface area contributed by atoms with Crippen molar-refractivity contribution in [3.05, 3.63) is 72.1 Å². The summed E-state index contributed by atoms with van der Waals surface area (Å²) in [7, 11) is 0. The summed E-state index contributed by atoms with van der Waals surface area (Å²) in [5, 5.41) is 5.92. The molecule has 0 unspecified atom stereocenters. The van der Waals surface area contributed by atoms with Crippen molar-refractivity contribution in [2.75, 3.05) is 10.6 Å². The molecule has 6 nitrogen and oxygen atoms in total. The van der Waals surface area contributed by atoms with Gasteiger partial charge >= 0.3 is 0 Å². The van der Waals surface area contributed by atoms with Gasteiger partial charge in [0.25, 0.3) is 5.91 Å². The van der Waals surface area contributed by atoms with Crippen LogP contribution in [-0.2, 0) is 12.0 Å². The van der Waals surface area contributed by atoms with E-state index in [0.29, 0.717) is 12.4 Å². The average Bonchev–Trinajstić information content (AvgIpc) is 3.13. The van der Waals surface area contributed by atoms with Crippen molar-refractivity contribution in [1.29, 1.82) is 0 Å². The first-order valence-electron chi connectivity index (χ1n) is 8.42. The number of rotatable bonds is 5. The van der Waals surface area contributed by atoms with Crippen molar-refractivity contribution >= 4 is 17.4 Å². The molecule has 26 heavy (non-hydrogen) atoms. The van der Waals surface area contributed by atoms with Crippen LogP contribution in [0, 0.1) is 0 Å². The van der Waals surface area contributed by atoms with E-state index in [4.69, 9.17) is 4.42 Å². The minimum Gasteiger partial charge on any atom is -0.467 e. The van der Waals surface area contributed by atoms with E-state index >= 15 is 0 Å². The van der Waals surface area contributed by atoms with Gasteiger partial charge in [0.05, 0.1) is 25.2 Å². The fraction of sp³-hybridized carbons (Fsp3) is 0.250. The van der Waals surface area contributed by atoms with Crippen LogP contribution in [0.2, 0.25) is 0 Å². The molecule has 0 aliphatic heterocycles. The predicted molar refractivity (Wildman–Crippen MR) is 101 cm³/mol. The molecule has 2 aromatic heterocycles. The summed E-state index contributed by atoms with van der Waals surface area (Å²) < 4.78 is 5.24. The third-order valence-corrected chi connectivity index (χ3v) is 3.92. The molecule has 2 N–H and O–H groups in total. The molecule has 3 aromatic rings. The molecule has 0 aliphatic carbocycles. The first kappa shape index (κ1) is 17.7. The van der Waals surface area contributed by atoms with Crippen LogP contribution in [-0.4, -0.2) is 15.9 Å². The smallest absolute Gasteiger partial charge is 0.275 e. The zero-order chi connectivity index (χ0) is 18.6. The number of aromatic nitrogens is 2. The number of carbonyl (C=O) groups excluding carboxylic acids is 1. The second kappa shape index (κ2) is 7.39. The first-order valence-corrected chi connectivity index (χ1v) is 8.42. The minimum absolute atomic E-state index is 0.0759. The van der Waals surface area contributed by atoms with Crippen LogP contribution in [0.1, 0.15) is 42.6 Å². The van der Waals surface area contributed by atoms with Crippen molar-refractivity contribution in [2.45, 2.75) is 32.7 Å². The van der Waals surface area contributed by atoms with Crippen molar-refractivity contribution < 1.29 is 9.21 Å². The largest absolute Gasteiger partial charge is 0.467 e. The molecule has 0 fully saturated rings. The Bertz CT molecular complexity index is 848. The van der Waals surface area contributed by atoms with Crippen LogP contribution >= 0.6 is 0 Å². The second-order valence-corrected chi connectivity index (χ2v) is 7.00. The van der Waals surface area contributed by atoms with Gasteiger partial charge < -0.3 is 15.1 Å². The van der Waals surface area contributed by atoms with Crippen molar-refractivity contribution in [1.82, 2.24) is 9.97 Å². The van der Waals surface area contributed by atoms with Gasteiger partial charge in [0.15, 0.2) is 0 Å². The molecule has 0 saturated carbocycles. The van der Waals surface area contributed by atoms with Crippen molar-refractivity contribution in [3.8, 4) is 0 Å². The molecule has 0 aliphatic rings. The molecular formula is C20H22N4O2. The van der Waals surface area contributed by atoms with E-state index in [1.807, 2.05) is 36.4 Å². The maximum absolute atomic E-state index is 12.3. The van der Waals surface area contributed by atoms with Crippen LogP contribution < -0.4 is 10.6 Å². The van der Waals surface area contributed by atoms with Gasteiger partial charge in [-0.15, -0.1) is 0 Å². The quantitative estimate of drug-likeness (QED) is 0.720. The molecule has 0 saturated heterocycles. The Morgan fingerprint density at radius 2 is 1.85 bits per heavy atom. The number of benzene rings is 1. The Morgan fingerprint density at radius 3 is 2.42 bits per heavy atom. The fourth-order valence-corrected chi connectivity index (χ4v) is 2.38. The third kappa shape index (κ3) is 4.47. The summed E-state index contributed by atoms with van der Waals surface area (Å²) in [5.41, 5.74) is 2.27. The molecule has 6 heteroatoms. The number of furan rings is 1. The number of hydrogen-bond donors (Lipinski definition) is 2. The summed E-state index contributed by atoms with van der Waals surface area (Å²) in [5.74, 6) is 1.08. The van der Waals surface area contributed by atoms with Gasteiger partial charge in [-0.2, -0.15) is 0 Å². The predicted octanol–water partition coefficient (Wildman–Crippen LogP) is 4.23. The molecule has 3 rings (SSSR count). The van der Waals surface area contributed by atoms with E-state index in [-0.39, 0.29) is 17.0 Å². The SMILES string of the molecule is CC(C)(C)c1ccc(NC(=O)c2cnc(NCc3ccco3)cn2)cc1. The molecule has 2 heterocycles. The molecule has 0 atom stereocenters. The lowest BCUT2D eigenvalue weighted by Crippen LogP contribution is -2.15. The summed E-state index contributed by atoms with van der Waals surface area (Å²) >= 11 is 0. The maximum atomic E-state index is 12.3. The van der Waals surface area contributed by atoms with E-state index in [2.05, 4.69) is 41.4 Å². The van der Waals surface area contributed by atoms with E-state index in [1.165, 1.54) is 18.0 Å². The standard InChI is InChI=1S/C20H22N4O2/c1-20(2,3)14-6-8-15(9-7-14)24-19(25)17-12-23-18(13-21-17)22-11-16-5-4-10-26-16/h4-10,12-13H,11H2,1-3H3,(H,22,23)(H,24,25). The zero-order valence-corrected chi connectivity index (χ0v) is 15.1. The van der Waals surface area contributed by atoms with Crippen LogP contribution in [0.15, 0.2) is 59.5 Å². The third-order valence-electron chi connectivity index (χ3n) is 3.92. The number of carbonyl (C=O) groups is 1. The highest BCUT2D eigenvalue weighted by Crippen LogP contribution is 2.23. The lowest BCUT2D eigenvalue weighted by Gasteiger charge is -2.19. The summed E-state index contributed by atoms with van der Waals surface area (Å²) in [6.07, 6.45) is 4.59. The molecule has 1 amide bonds. The van der Waals surface area contributed by atoms with E-state index in [1.54, 1.807) is 6.26 Å². The van der Waals surface area contributed by atoms with E-state index < -0.39 is 0 Å². The van der Waals surface area contributed by atoms with Crippen molar-refractivity contribution in [3.63, 3.8) is 0 Å². The molecule has 0 radical (unpaired) electrons. The Kier molecular flexibility index (Phi) is 5.02. The summed E-state index contributed by atoms with van der Waals surface area (Å²) in [4.78, 5) is 20.7. The topological polar surface area (TPSA) is 80.0 Å². The highest BCUT2D eigenvalue weighted by atomic mass is 16.3. The van der Waals surface area contributed by atoms with Crippen LogP contribution in [0.3, 0.4) is 0 Å². The van der Waals surface area contributed by atoms with Crippen LogP contribution in [0.25, 0.3) is 0 Å². The van der Waals surface area contributed by atoms with Gasteiger partial charge in [0.2, 0.25) is 0 Å². The molecule has 1 aromatic carbocycles. The van der Waals surface area contributed by atoms with Crippen LogP contribution in [0.5, 0.6) is 0 Å². The van der Waals surface area contributed by atoms with Crippen LogP contribution in [0.4, 0.5) is 11.5 Å². The number of amides is 1. The first-order chi connectivity index (χ1) is 12.4. The lowest BCUT2D eigenvalue weighted by molar-refractivity contribution is 0.102. The monoisotopic (exact) mass is 350 g/mol. The Morgan fingerprint density at radius 1 is 1.08 bits per heavy atom. The fourth-order valence-electron chi connectivity index (χ4n) is 2.38. The normalized spacial score (nSPS) is 11.2. The molecular weight excluding hydrogens is 328 g/mol. The Balaban J connectivity index is 1.59. The van der Waals surface area contributed by atoms with E-state index in [9.17, 15) is 4.79 Å². The van der Waals surface area contributed by atoms with Gasteiger partial charge in [0.1, 0.15) is 17.3 Å². The van der Waals surface area contributed by atoms with Gasteiger partial charge in [-0.05, 0) is 35.2 Å². The number of anilines is 2. The van der Waals surface area contributed by atoms with Gasteiger partial charge in [-0.3, -0.25) is 4.79 Å². The van der Waals surface area contributed by atoms with Gasteiger partial charge in [-0.1, -0.05) is 32.9 Å². The second-order valence-electron chi connectivity index (χ2n) is 7.00. The summed E-state index contributed by atoms with van der Waals surface area (Å²) in [6, 6.07) is 11.5. The minimum atomic E-state index is -0.293. The van der Waals surface area contributed by atoms with E-state index in [0.717, 1.165) is 11.4 Å². The summed E-state index contributed by atoms with van der Waals surface area (Å²) in [6.45, 7) is 6.96. The zero-order valence-electron chi connectivity index (χ0n) is 15.1. The van der Waals surface area contributed by atoms with Gasteiger partial charge in [-0.25, -0.2) is 9.97 Å². The molecule has 0 bridgehead atoms. The highest BCUT2D eigenvalue weighted by molar-refractivity contribution is 6.02. The number of hydrogen-bond acceptors (Lipinski definition) is 5. The Labute approximate surface area is 152 Å². The van der Waals surface area contributed by atoms with Crippen molar-refractivity contribution in [2.24, 2.45) is 0 Å². The maximum Gasteiger partial charge on any atom is 0.275 e.